The Balaban J connectivity index is 2.22. The molecule has 2 atom stereocenters. The van der Waals surface area contributed by atoms with Crippen molar-refractivity contribution in [2.45, 2.75) is 39.3 Å². The predicted molar refractivity (Wildman–Crippen MR) is 78.2 cm³/mol. The summed E-state index contributed by atoms with van der Waals surface area (Å²) in [5, 5.41) is 0. The quantitative estimate of drug-likeness (QED) is 0.788. The fourth-order valence-corrected chi connectivity index (χ4v) is 2.61. The predicted octanol–water partition coefficient (Wildman–Crippen LogP) is 1.84. The lowest BCUT2D eigenvalue weighted by molar-refractivity contribution is -0.0587. The van der Waals surface area contributed by atoms with Gasteiger partial charge in [0.25, 0.3) is 5.91 Å². The zero-order valence-corrected chi connectivity index (χ0v) is 12.2. The second-order valence-corrected chi connectivity index (χ2v) is 5.29. The Morgan fingerprint density at radius 1 is 1.40 bits per heavy atom. The van der Waals surface area contributed by atoms with Crippen molar-refractivity contribution < 1.29 is 13.9 Å². The maximum Gasteiger partial charge on any atom is 0.256 e. The van der Waals surface area contributed by atoms with Crippen molar-refractivity contribution in [1.82, 2.24) is 4.90 Å². The third-order valence-corrected chi connectivity index (χ3v) is 3.39. The van der Waals surface area contributed by atoms with Crippen LogP contribution in [-0.2, 0) is 4.74 Å². The van der Waals surface area contributed by atoms with Gasteiger partial charge in [-0.15, -0.1) is 0 Å². The molecule has 3 nitrogen and oxygen atoms in total. The van der Waals surface area contributed by atoms with Crippen molar-refractivity contribution in [2.75, 3.05) is 13.1 Å². The van der Waals surface area contributed by atoms with Crippen molar-refractivity contribution in [1.29, 1.82) is 0 Å². The highest BCUT2D eigenvalue weighted by Crippen LogP contribution is 2.15. The van der Waals surface area contributed by atoms with Crippen LogP contribution in [0.1, 0.15) is 31.1 Å². The van der Waals surface area contributed by atoms with Crippen LogP contribution in [-0.4, -0.2) is 43.4 Å². The van der Waals surface area contributed by atoms with Gasteiger partial charge in [-0.05, 0) is 19.9 Å². The normalized spacial score (nSPS) is 22.7. The topological polar surface area (TPSA) is 29.5 Å². The van der Waals surface area contributed by atoms with Gasteiger partial charge in [-0.2, -0.15) is 0 Å². The number of hydrogen-bond acceptors (Lipinski definition) is 2. The number of benzene rings is 1. The molecule has 1 radical (unpaired) electrons. The molecule has 1 fully saturated rings. The molecule has 1 amide bonds. The van der Waals surface area contributed by atoms with E-state index < -0.39 is 5.82 Å². The van der Waals surface area contributed by atoms with Crippen LogP contribution in [0.25, 0.3) is 0 Å². The molecule has 0 saturated carbocycles. The van der Waals surface area contributed by atoms with Crippen LogP contribution < -0.4 is 5.46 Å². The van der Waals surface area contributed by atoms with E-state index in [2.05, 4.69) is 0 Å². The number of ether oxygens (including phenoxy) is 1. The van der Waals surface area contributed by atoms with Crippen molar-refractivity contribution in [3.63, 3.8) is 0 Å². The first-order valence-corrected chi connectivity index (χ1v) is 7.09. The maximum atomic E-state index is 14.3. The van der Waals surface area contributed by atoms with Crippen LogP contribution >= 0.6 is 0 Å². The van der Waals surface area contributed by atoms with E-state index in [0.717, 1.165) is 6.32 Å². The molecule has 107 valence electrons. The van der Waals surface area contributed by atoms with E-state index in [9.17, 15) is 9.18 Å². The van der Waals surface area contributed by atoms with Gasteiger partial charge < -0.3 is 9.64 Å². The number of nitrogens with zero attached hydrogens (tertiary/aromatic N) is 1. The van der Waals surface area contributed by atoms with E-state index >= 15 is 0 Å². The highest BCUT2D eigenvalue weighted by molar-refractivity contribution is 6.53. The van der Waals surface area contributed by atoms with Crippen LogP contribution in [0.15, 0.2) is 18.2 Å². The zero-order valence-electron chi connectivity index (χ0n) is 12.2. The van der Waals surface area contributed by atoms with E-state index in [1.807, 2.05) is 20.8 Å². The minimum atomic E-state index is -0.425. The Morgan fingerprint density at radius 3 is 2.65 bits per heavy atom. The monoisotopic (exact) mass is 276 g/mol. The average molecular weight is 276 g/mol. The van der Waals surface area contributed by atoms with E-state index in [1.54, 1.807) is 30.4 Å². The van der Waals surface area contributed by atoms with E-state index in [-0.39, 0.29) is 23.7 Å². The summed E-state index contributed by atoms with van der Waals surface area (Å²) < 4.78 is 20.0. The molecule has 1 saturated heterocycles. The number of amides is 1. The highest BCUT2D eigenvalue weighted by Gasteiger charge is 2.28. The molecular formula is C15H20BFNO2. The summed E-state index contributed by atoms with van der Waals surface area (Å²) in [4.78, 5) is 14.2. The third-order valence-electron chi connectivity index (χ3n) is 3.39. The van der Waals surface area contributed by atoms with Gasteiger partial charge in [-0.3, -0.25) is 4.79 Å². The smallest absolute Gasteiger partial charge is 0.256 e. The van der Waals surface area contributed by atoms with Gasteiger partial charge in [0.1, 0.15) is 5.82 Å². The Labute approximate surface area is 120 Å². The molecule has 0 aliphatic carbocycles. The fourth-order valence-electron chi connectivity index (χ4n) is 2.61. The fraction of sp³-hybridized carbons (Fsp3) is 0.533. The van der Waals surface area contributed by atoms with Crippen molar-refractivity contribution >= 4 is 18.6 Å². The molecule has 1 aliphatic heterocycles. The minimum Gasteiger partial charge on any atom is -0.372 e. The second-order valence-electron chi connectivity index (χ2n) is 5.29. The molecule has 1 aliphatic rings. The summed E-state index contributed by atoms with van der Waals surface area (Å²) in [5.41, 5.74) is 0.640. The standard InChI is InChI=1S/C15H20BFNO2/c1-4-16-13-7-5-6-12(14(13)17)15(19)18-8-10(2)20-11(3)9-18/h5-7,10-11H,4,8-9H2,1-3H3/t10-,11+. The maximum absolute atomic E-state index is 14.3. The van der Waals surface area contributed by atoms with Crippen LogP contribution in [0.5, 0.6) is 0 Å². The number of morpholine rings is 1. The van der Waals surface area contributed by atoms with Gasteiger partial charge in [0.05, 0.1) is 17.8 Å². The molecule has 1 heterocycles. The lowest BCUT2D eigenvalue weighted by Crippen LogP contribution is -2.48. The molecule has 5 heteroatoms. The molecular weight excluding hydrogens is 256 g/mol. The van der Waals surface area contributed by atoms with Gasteiger partial charge in [0, 0.05) is 13.1 Å². The van der Waals surface area contributed by atoms with Crippen molar-refractivity contribution in [2.24, 2.45) is 0 Å². The lowest BCUT2D eigenvalue weighted by Gasteiger charge is -2.35. The number of carbonyl (C=O) groups excluding carboxylic acids is 1. The largest absolute Gasteiger partial charge is 0.372 e. The SMILES string of the molecule is CC[B]c1cccc(C(=O)N2C[C@@H](C)O[C@@H](C)C2)c1F. The van der Waals surface area contributed by atoms with Gasteiger partial charge in [0.2, 0.25) is 0 Å². The number of hydrogen-bond donors (Lipinski definition) is 0. The molecule has 0 spiro atoms. The molecule has 0 unspecified atom stereocenters. The van der Waals surface area contributed by atoms with Gasteiger partial charge in [0.15, 0.2) is 7.28 Å². The van der Waals surface area contributed by atoms with E-state index in [0.29, 0.717) is 18.6 Å². The summed E-state index contributed by atoms with van der Waals surface area (Å²) in [5.74, 6) is -0.679. The van der Waals surface area contributed by atoms with Gasteiger partial charge >= 0.3 is 0 Å². The Bertz CT molecular complexity index is 485. The first-order chi connectivity index (χ1) is 9.52. The average Bonchev–Trinajstić information content (AvgIpc) is 2.39. The van der Waals surface area contributed by atoms with Crippen LogP contribution in [0.4, 0.5) is 4.39 Å². The zero-order chi connectivity index (χ0) is 14.7. The van der Waals surface area contributed by atoms with E-state index in [4.69, 9.17) is 4.74 Å². The van der Waals surface area contributed by atoms with Gasteiger partial charge in [-0.25, -0.2) is 4.39 Å². The van der Waals surface area contributed by atoms with Gasteiger partial charge in [-0.1, -0.05) is 30.8 Å². The summed E-state index contributed by atoms with van der Waals surface area (Å²) in [6.07, 6.45) is 0.701. The molecule has 2 rings (SSSR count). The highest BCUT2D eigenvalue weighted by atomic mass is 19.1. The summed E-state index contributed by atoms with van der Waals surface area (Å²) in [7, 11) is 1.79. The summed E-state index contributed by atoms with van der Waals surface area (Å²) >= 11 is 0. The molecule has 1 aromatic rings. The van der Waals surface area contributed by atoms with Crippen molar-refractivity contribution in [3.05, 3.63) is 29.6 Å². The molecule has 0 bridgehead atoms. The van der Waals surface area contributed by atoms with Crippen LogP contribution in [0.2, 0.25) is 6.32 Å². The molecule has 1 aromatic carbocycles. The molecule has 0 aromatic heterocycles. The summed E-state index contributed by atoms with van der Waals surface area (Å²) in [6.45, 7) is 6.80. The van der Waals surface area contributed by atoms with Crippen LogP contribution in [0, 0.1) is 5.82 Å². The number of carbonyl (C=O) groups is 1. The van der Waals surface area contributed by atoms with E-state index in [1.165, 1.54) is 0 Å². The van der Waals surface area contributed by atoms with Crippen LogP contribution in [0.3, 0.4) is 0 Å². The third kappa shape index (κ3) is 3.21. The Hall–Kier alpha value is -1.36. The lowest BCUT2D eigenvalue weighted by atomic mass is 9.67. The number of rotatable bonds is 3. The minimum absolute atomic E-state index is 0.0175. The first-order valence-electron chi connectivity index (χ1n) is 7.09. The first kappa shape index (κ1) is 15.0. The number of halogens is 1. The Morgan fingerprint density at radius 2 is 2.05 bits per heavy atom. The van der Waals surface area contributed by atoms with Crippen molar-refractivity contribution in [3.8, 4) is 0 Å². The molecule has 0 N–H and O–H groups in total. The summed E-state index contributed by atoms with van der Waals surface area (Å²) in [6, 6.07) is 4.97. The molecule has 20 heavy (non-hydrogen) atoms. The Kier molecular flexibility index (Phi) is 4.81. The second kappa shape index (κ2) is 6.40.